The van der Waals surface area contributed by atoms with Crippen molar-refractivity contribution in [3.8, 4) is 0 Å². The van der Waals surface area contributed by atoms with Crippen molar-refractivity contribution >= 4 is 53.8 Å². The molecular weight excluding hydrogens is 572 g/mol. The van der Waals surface area contributed by atoms with Gasteiger partial charge >= 0.3 is 11.9 Å². The first-order valence-corrected chi connectivity index (χ1v) is 14.9. The Hall–Kier alpha value is -4.99. The van der Waals surface area contributed by atoms with Gasteiger partial charge in [0.05, 0.1) is 25.3 Å². The van der Waals surface area contributed by atoms with Crippen molar-refractivity contribution in [1.82, 2.24) is 14.9 Å². The largest absolute Gasteiger partial charge is 0.469 e. The molecule has 45 heavy (non-hydrogen) atoms. The summed E-state index contributed by atoms with van der Waals surface area (Å²) in [5.41, 5.74) is 10.2. The van der Waals surface area contributed by atoms with Gasteiger partial charge in [-0.3, -0.25) is 19.2 Å². The summed E-state index contributed by atoms with van der Waals surface area (Å²) in [6.07, 6.45) is 9.50. The zero-order valence-corrected chi connectivity index (χ0v) is 26.6. The van der Waals surface area contributed by atoms with E-state index in [1.54, 1.807) is 0 Å². The lowest BCUT2D eigenvalue weighted by Crippen LogP contribution is -2.29. The van der Waals surface area contributed by atoms with E-state index in [0.29, 0.717) is 35.5 Å². The standard InChI is InChI=1S/C35H38N4O6/c1-8-22-21(5)30-17-29-23(18(2)26(36-29)15-27-19(3)24(34(42)37-27)9-11-32(40)44-6)13-14-39(30)31(22)16-28-20(4)25(35(43)38-28)10-12-33(41)45-7/h8,15-17,36H,1,9-14H2,2-7H3,(H,37,42)/b27-15-,31-16+. The van der Waals surface area contributed by atoms with Gasteiger partial charge < -0.3 is 24.3 Å². The van der Waals surface area contributed by atoms with Crippen molar-refractivity contribution < 1.29 is 28.7 Å². The second kappa shape index (κ2) is 12.6. The van der Waals surface area contributed by atoms with Crippen LogP contribution in [0.3, 0.4) is 0 Å². The van der Waals surface area contributed by atoms with Crippen LogP contribution in [0.4, 0.5) is 0 Å². The van der Waals surface area contributed by atoms with Crippen molar-refractivity contribution in [3.63, 3.8) is 0 Å². The van der Waals surface area contributed by atoms with E-state index in [1.807, 2.05) is 32.1 Å². The van der Waals surface area contributed by atoms with Gasteiger partial charge in [-0.05, 0) is 93.0 Å². The molecular formula is C35H38N4O6. The summed E-state index contributed by atoms with van der Waals surface area (Å²) in [7, 11) is 2.67. The Balaban J connectivity index is 1.53. The Morgan fingerprint density at radius 3 is 2.29 bits per heavy atom. The summed E-state index contributed by atoms with van der Waals surface area (Å²) >= 11 is 0. The third-order valence-electron chi connectivity index (χ3n) is 9.04. The Morgan fingerprint density at radius 1 is 0.978 bits per heavy atom. The molecule has 0 atom stereocenters. The second-order valence-electron chi connectivity index (χ2n) is 11.4. The molecule has 5 heterocycles. The van der Waals surface area contributed by atoms with Crippen LogP contribution in [-0.2, 0) is 41.6 Å². The van der Waals surface area contributed by atoms with Gasteiger partial charge in [0.1, 0.15) is 0 Å². The van der Waals surface area contributed by atoms with E-state index in [1.165, 1.54) is 19.8 Å². The minimum absolute atomic E-state index is 0.124. The molecule has 2 amide bonds. The quantitative estimate of drug-likeness (QED) is 0.419. The maximum absolute atomic E-state index is 12.7. The predicted octanol–water partition coefficient (Wildman–Crippen LogP) is 3.23. The Morgan fingerprint density at radius 2 is 1.64 bits per heavy atom. The van der Waals surface area contributed by atoms with Gasteiger partial charge in [-0.1, -0.05) is 12.7 Å². The molecule has 10 heteroatoms. The predicted molar refractivity (Wildman–Crippen MR) is 172 cm³/mol. The summed E-state index contributed by atoms with van der Waals surface area (Å²) in [5.74, 6) is -1.23. The van der Waals surface area contributed by atoms with Gasteiger partial charge in [-0.25, -0.2) is 4.99 Å². The van der Waals surface area contributed by atoms with E-state index in [-0.39, 0.29) is 43.0 Å². The van der Waals surface area contributed by atoms with Crippen LogP contribution in [0, 0.1) is 13.8 Å². The molecule has 3 aliphatic heterocycles. The number of amides is 2. The van der Waals surface area contributed by atoms with E-state index in [0.717, 1.165) is 56.3 Å². The van der Waals surface area contributed by atoms with E-state index < -0.39 is 0 Å². The summed E-state index contributed by atoms with van der Waals surface area (Å²) in [6, 6.07) is 0. The number of methoxy groups -OCH3 is 2. The van der Waals surface area contributed by atoms with Crippen LogP contribution in [0.15, 0.2) is 39.6 Å². The van der Waals surface area contributed by atoms with Crippen LogP contribution >= 0.6 is 0 Å². The first-order chi connectivity index (χ1) is 21.5. The van der Waals surface area contributed by atoms with Crippen LogP contribution in [-0.4, -0.2) is 53.2 Å². The second-order valence-corrected chi connectivity index (χ2v) is 11.4. The molecule has 0 bridgehead atoms. The maximum atomic E-state index is 12.7. The van der Waals surface area contributed by atoms with Crippen LogP contribution in [0.1, 0.15) is 73.2 Å². The molecule has 0 spiro atoms. The average Bonchev–Trinajstić information content (AvgIpc) is 3.59. The van der Waals surface area contributed by atoms with Crippen LogP contribution in [0.25, 0.3) is 24.3 Å². The van der Waals surface area contributed by atoms with Gasteiger partial charge in [0.25, 0.3) is 11.8 Å². The fourth-order valence-electron chi connectivity index (χ4n) is 6.29. The normalized spacial score (nSPS) is 17.2. The zero-order chi connectivity index (χ0) is 32.6. The minimum atomic E-state index is -0.365. The Labute approximate surface area is 261 Å². The first kappa shape index (κ1) is 31.4. The summed E-state index contributed by atoms with van der Waals surface area (Å²) in [5, 5.41) is 4.91. The molecule has 0 unspecified atom stereocenters. The molecule has 5 rings (SSSR count). The van der Waals surface area contributed by atoms with Crippen LogP contribution < -0.4 is 16.0 Å². The monoisotopic (exact) mass is 610 g/mol. The van der Waals surface area contributed by atoms with Crippen LogP contribution in [0.5, 0.6) is 0 Å². The summed E-state index contributed by atoms with van der Waals surface area (Å²) < 4.78 is 11.7. The number of fused-ring (bicyclic) bond motifs is 2. The fourth-order valence-corrected chi connectivity index (χ4v) is 6.29. The number of rotatable bonds is 9. The first-order valence-electron chi connectivity index (χ1n) is 14.9. The van der Waals surface area contributed by atoms with E-state index in [4.69, 9.17) is 9.47 Å². The number of carbonyl (C=O) groups excluding carboxylic acids is 4. The van der Waals surface area contributed by atoms with Gasteiger partial charge in [-0.15, -0.1) is 0 Å². The van der Waals surface area contributed by atoms with Crippen LogP contribution in [0.2, 0.25) is 0 Å². The topological polar surface area (TPSA) is 132 Å². The Kier molecular flexibility index (Phi) is 8.77. The number of esters is 2. The molecule has 0 aromatic carbocycles. The van der Waals surface area contributed by atoms with Gasteiger partial charge in [-0.2, -0.15) is 0 Å². The number of aliphatic imine (C=N–C) groups is 1. The molecule has 0 radical (unpaired) electrons. The van der Waals surface area contributed by atoms with E-state index >= 15 is 0 Å². The number of aromatic amines is 1. The minimum Gasteiger partial charge on any atom is -0.469 e. The molecule has 3 aliphatic rings. The maximum Gasteiger partial charge on any atom is 0.305 e. The number of nitrogens with zero attached hydrogens (tertiary/aromatic N) is 2. The van der Waals surface area contributed by atoms with Gasteiger partial charge in [0, 0.05) is 58.5 Å². The number of hydrogen-bond acceptors (Lipinski definition) is 6. The van der Waals surface area contributed by atoms with Gasteiger partial charge in [0.15, 0.2) is 0 Å². The van der Waals surface area contributed by atoms with E-state index in [9.17, 15) is 19.2 Å². The number of nitrogens with one attached hydrogen (secondary N) is 2. The highest BCUT2D eigenvalue weighted by Crippen LogP contribution is 2.29. The van der Waals surface area contributed by atoms with Crippen molar-refractivity contribution in [2.24, 2.45) is 4.99 Å². The fraction of sp³-hybridized carbons (Fsp3) is 0.343. The van der Waals surface area contributed by atoms with Crippen molar-refractivity contribution in [1.29, 1.82) is 0 Å². The average molecular weight is 611 g/mol. The molecule has 0 aliphatic carbocycles. The lowest BCUT2D eigenvalue weighted by atomic mass is 10.0. The number of allylic oxidation sites excluding steroid dienone is 2. The molecule has 0 fully saturated rings. The van der Waals surface area contributed by atoms with Crippen molar-refractivity contribution in [2.45, 2.75) is 66.3 Å². The molecule has 0 saturated heterocycles. The molecule has 2 aromatic heterocycles. The highest BCUT2D eigenvalue weighted by atomic mass is 16.5. The summed E-state index contributed by atoms with van der Waals surface area (Å²) in [6.45, 7) is 12.6. The number of aromatic nitrogens is 2. The number of H-pyrrole nitrogens is 1. The smallest absolute Gasteiger partial charge is 0.305 e. The highest BCUT2D eigenvalue weighted by Gasteiger charge is 2.27. The third-order valence-corrected chi connectivity index (χ3v) is 9.04. The highest BCUT2D eigenvalue weighted by molar-refractivity contribution is 6.30. The molecule has 10 nitrogen and oxygen atoms in total. The number of ether oxygens (including phenoxy) is 2. The van der Waals surface area contributed by atoms with Crippen molar-refractivity contribution in [2.75, 3.05) is 14.2 Å². The molecule has 234 valence electrons. The lowest BCUT2D eigenvalue weighted by Gasteiger charge is -2.06. The number of carbonyl (C=O) groups is 4. The third kappa shape index (κ3) is 5.80. The molecule has 2 aromatic rings. The molecule has 0 saturated carbocycles. The number of hydrogen-bond donors (Lipinski definition) is 2. The Bertz CT molecular complexity index is 1930. The lowest BCUT2D eigenvalue weighted by molar-refractivity contribution is -0.141. The zero-order valence-electron chi connectivity index (χ0n) is 26.6. The van der Waals surface area contributed by atoms with E-state index in [2.05, 4.69) is 46.4 Å². The van der Waals surface area contributed by atoms with Gasteiger partial charge in [0.2, 0.25) is 0 Å². The van der Waals surface area contributed by atoms with Crippen molar-refractivity contribution in [3.05, 3.63) is 78.9 Å². The summed E-state index contributed by atoms with van der Waals surface area (Å²) in [4.78, 5) is 56.6. The SMILES string of the molecule is C=Cc1c(C)c2n(/c1=C/C1=NC(=O)C(CCC(=O)OC)=C1C)CCc1c([nH]c(/C=C3\NC(=O)C(CCC(=O)OC)=C3C)c1C)C=2. The molecule has 2 N–H and O–H groups in total.